The fraction of sp³-hybridized carbons (Fsp3) is 0.810. The highest BCUT2D eigenvalue weighted by molar-refractivity contribution is 5.42. The molecule has 0 bridgehead atoms. The second-order valence-electron chi connectivity index (χ2n) is 7.56. The standard InChI is InChI=1S/C21H41N5/c1-5-6-7-8-9-10-11-12-13-14-15-22-20-18-19(2)24-21(25-20)23-16-17-26(3)4/h18H,5-17H2,1-4H3,(H2,22,23,24,25). The Morgan fingerprint density at radius 3 is 2.04 bits per heavy atom. The van der Waals surface area contributed by atoms with Gasteiger partial charge in [-0.1, -0.05) is 64.7 Å². The highest BCUT2D eigenvalue weighted by Gasteiger charge is 2.02. The molecule has 0 saturated heterocycles. The Morgan fingerprint density at radius 2 is 1.42 bits per heavy atom. The normalized spacial score (nSPS) is 11.1. The molecular weight excluding hydrogens is 322 g/mol. The van der Waals surface area contributed by atoms with E-state index in [0.29, 0.717) is 0 Å². The molecule has 150 valence electrons. The van der Waals surface area contributed by atoms with Crippen LogP contribution in [0.15, 0.2) is 6.07 Å². The van der Waals surface area contributed by atoms with Crippen molar-refractivity contribution < 1.29 is 0 Å². The molecule has 1 aromatic rings. The van der Waals surface area contributed by atoms with E-state index in [0.717, 1.165) is 37.1 Å². The van der Waals surface area contributed by atoms with Gasteiger partial charge < -0.3 is 15.5 Å². The summed E-state index contributed by atoms with van der Waals surface area (Å²) in [5.41, 5.74) is 0.998. The maximum absolute atomic E-state index is 4.56. The van der Waals surface area contributed by atoms with E-state index >= 15 is 0 Å². The molecule has 1 aromatic heterocycles. The largest absolute Gasteiger partial charge is 0.370 e. The summed E-state index contributed by atoms with van der Waals surface area (Å²) in [6.07, 6.45) is 13.7. The van der Waals surface area contributed by atoms with Gasteiger partial charge >= 0.3 is 0 Å². The van der Waals surface area contributed by atoms with Crippen LogP contribution in [0, 0.1) is 6.92 Å². The molecule has 1 heterocycles. The van der Waals surface area contributed by atoms with Gasteiger partial charge in [0.15, 0.2) is 0 Å². The summed E-state index contributed by atoms with van der Waals surface area (Å²) >= 11 is 0. The number of likely N-dealkylation sites (N-methyl/N-ethyl adjacent to an activating group) is 1. The van der Waals surface area contributed by atoms with Crippen molar-refractivity contribution in [2.45, 2.75) is 78.1 Å². The number of rotatable bonds is 16. The lowest BCUT2D eigenvalue weighted by Crippen LogP contribution is -2.21. The SMILES string of the molecule is CCCCCCCCCCCCNc1cc(C)nc(NCCN(C)C)n1. The van der Waals surface area contributed by atoms with E-state index in [1.165, 1.54) is 64.2 Å². The molecular formula is C21H41N5. The van der Waals surface area contributed by atoms with E-state index in [-0.39, 0.29) is 0 Å². The predicted octanol–water partition coefficient (Wildman–Crippen LogP) is 5.09. The van der Waals surface area contributed by atoms with Gasteiger partial charge in [-0.25, -0.2) is 4.98 Å². The van der Waals surface area contributed by atoms with Gasteiger partial charge in [0.1, 0.15) is 5.82 Å². The van der Waals surface area contributed by atoms with Gasteiger partial charge in [0, 0.05) is 31.4 Å². The molecule has 0 aliphatic heterocycles. The van der Waals surface area contributed by atoms with Crippen molar-refractivity contribution in [3.8, 4) is 0 Å². The zero-order valence-electron chi connectivity index (χ0n) is 17.6. The van der Waals surface area contributed by atoms with E-state index in [4.69, 9.17) is 0 Å². The van der Waals surface area contributed by atoms with Gasteiger partial charge in [0.2, 0.25) is 5.95 Å². The molecule has 0 unspecified atom stereocenters. The van der Waals surface area contributed by atoms with Crippen molar-refractivity contribution >= 4 is 11.8 Å². The van der Waals surface area contributed by atoms with E-state index < -0.39 is 0 Å². The van der Waals surface area contributed by atoms with Crippen LogP contribution in [0.1, 0.15) is 76.8 Å². The average molecular weight is 364 g/mol. The zero-order chi connectivity index (χ0) is 19.0. The van der Waals surface area contributed by atoms with E-state index in [9.17, 15) is 0 Å². The Kier molecular flexibility index (Phi) is 12.9. The Morgan fingerprint density at radius 1 is 0.808 bits per heavy atom. The minimum Gasteiger partial charge on any atom is -0.370 e. The summed E-state index contributed by atoms with van der Waals surface area (Å²) in [6, 6.07) is 2.02. The molecule has 2 N–H and O–H groups in total. The van der Waals surface area contributed by atoms with Crippen LogP contribution in [-0.4, -0.2) is 48.6 Å². The zero-order valence-corrected chi connectivity index (χ0v) is 17.6. The van der Waals surface area contributed by atoms with E-state index in [2.05, 4.69) is 46.5 Å². The molecule has 1 rings (SSSR count). The van der Waals surface area contributed by atoms with Gasteiger partial charge in [-0.05, 0) is 27.4 Å². The maximum Gasteiger partial charge on any atom is 0.224 e. The molecule has 0 aliphatic carbocycles. The van der Waals surface area contributed by atoms with Crippen molar-refractivity contribution in [1.82, 2.24) is 14.9 Å². The highest BCUT2D eigenvalue weighted by atomic mass is 15.2. The fourth-order valence-corrected chi connectivity index (χ4v) is 2.96. The van der Waals surface area contributed by atoms with Crippen LogP contribution >= 0.6 is 0 Å². The summed E-state index contributed by atoms with van der Waals surface area (Å²) < 4.78 is 0. The summed E-state index contributed by atoms with van der Waals surface area (Å²) in [6.45, 7) is 7.11. The summed E-state index contributed by atoms with van der Waals surface area (Å²) in [5.74, 6) is 1.65. The Labute approximate surface area is 161 Å². The molecule has 5 nitrogen and oxygen atoms in total. The summed E-state index contributed by atoms with van der Waals surface area (Å²) in [5, 5.41) is 6.74. The Hall–Kier alpha value is -1.36. The van der Waals surface area contributed by atoms with Crippen LogP contribution in [0.2, 0.25) is 0 Å². The quantitative estimate of drug-likeness (QED) is 0.401. The first-order valence-electron chi connectivity index (χ1n) is 10.6. The van der Waals surface area contributed by atoms with Crippen molar-refractivity contribution in [1.29, 1.82) is 0 Å². The molecule has 0 spiro atoms. The topological polar surface area (TPSA) is 53.1 Å². The number of nitrogens with zero attached hydrogens (tertiary/aromatic N) is 3. The van der Waals surface area contributed by atoms with Crippen molar-refractivity contribution in [2.75, 3.05) is 44.4 Å². The minimum atomic E-state index is 0.720. The number of anilines is 2. The second-order valence-corrected chi connectivity index (χ2v) is 7.56. The van der Waals surface area contributed by atoms with Gasteiger partial charge in [0.05, 0.1) is 0 Å². The first-order chi connectivity index (χ1) is 12.6. The minimum absolute atomic E-state index is 0.720. The monoisotopic (exact) mass is 363 g/mol. The lowest BCUT2D eigenvalue weighted by Gasteiger charge is -2.12. The molecule has 5 heteroatoms. The van der Waals surface area contributed by atoms with Crippen LogP contribution in [0.3, 0.4) is 0 Å². The Bertz CT molecular complexity index is 462. The number of aryl methyl sites for hydroxylation is 1. The van der Waals surface area contributed by atoms with E-state index in [1.807, 2.05) is 13.0 Å². The highest BCUT2D eigenvalue weighted by Crippen LogP contribution is 2.12. The maximum atomic E-state index is 4.56. The first kappa shape index (κ1) is 22.7. The molecule has 0 fully saturated rings. The number of hydrogen-bond acceptors (Lipinski definition) is 5. The average Bonchev–Trinajstić information content (AvgIpc) is 2.59. The third-order valence-electron chi connectivity index (χ3n) is 4.53. The number of nitrogens with one attached hydrogen (secondary N) is 2. The third-order valence-corrected chi connectivity index (χ3v) is 4.53. The lowest BCUT2D eigenvalue weighted by molar-refractivity contribution is 0.425. The molecule has 0 amide bonds. The smallest absolute Gasteiger partial charge is 0.224 e. The third kappa shape index (κ3) is 12.1. The van der Waals surface area contributed by atoms with Crippen LogP contribution in [0.5, 0.6) is 0 Å². The van der Waals surface area contributed by atoms with Crippen LogP contribution in [0.25, 0.3) is 0 Å². The van der Waals surface area contributed by atoms with Gasteiger partial charge in [-0.15, -0.1) is 0 Å². The summed E-state index contributed by atoms with van der Waals surface area (Å²) in [7, 11) is 4.14. The first-order valence-corrected chi connectivity index (χ1v) is 10.6. The number of aromatic nitrogens is 2. The van der Waals surface area contributed by atoms with Crippen molar-refractivity contribution in [3.63, 3.8) is 0 Å². The van der Waals surface area contributed by atoms with Gasteiger partial charge in [0.25, 0.3) is 0 Å². The number of unbranched alkanes of at least 4 members (excludes halogenated alkanes) is 9. The second kappa shape index (κ2) is 14.8. The molecule has 0 saturated carbocycles. The predicted molar refractivity (Wildman–Crippen MR) is 114 cm³/mol. The van der Waals surface area contributed by atoms with Gasteiger partial charge in [-0.3, -0.25) is 0 Å². The van der Waals surface area contributed by atoms with Crippen LogP contribution < -0.4 is 10.6 Å². The summed E-state index contributed by atoms with van der Waals surface area (Å²) in [4.78, 5) is 11.2. The number of hydrogen-bond donors (Lipinski definition) is 2. The molecule has 0 atom stereocenters. The molecule has 26 heavy (non-hydrogen) atoms. The van der Waals surface area contributed by atoms with Crippen LogP contribution in [-0.2, 0) is 0 Å². The lowest BCUT2D eigenvalue weighted by atomic mass is 10.1. The molecule has 0 aromatic carbocycles. The van der Waals surface area contributed by atoms with Crippen LogP contribution in [0.4, 0.5) is 11.8 Å². The fourth-order valence-electron chi connectivity index (χ4n) is 2.96. The molecule has 0 aliphatic rings. The van der Waals surface area contributed by atoms with Crippen molar-refractivity contribution in [2.24, 2.45) is 0 Å². The molecule has 0 radical (unpaired) electrons. The van der Waals surface area contributed by atoms with E-state index in [1.54, 1.807) is 0 Å². The van der Waals surface area contributed by atoms with Crippen molar-refractivity contribution in [3.05, 3.63) is 11.8 Å². The van der Waals surface area contributed by atoms with Gasteiger partial charge in [-0.2, -0.15) is 4.98 Å². The Balaban J connectivity index is 2.10.